The number of nitrogens with two attached hydrogens (primary N) is 1. The van der Waals surface area contributed by atoms with E-state index in [2.05, 4.69) is 50.4 Å². The second-order valence-electron chi connectivity index (χ2n) is 5.60. The van der Waals surface area contributed by atoms with E-state index in [0.717, 1.165) is 0 Å². The fourth-order valence-corrected chi connectivity index (χ4v) is 1.70. The molecule has 0 heterocycles. The number of amides is 1. The van der Waals surface area contributed by atoms with Crippen molar-refractivity contribution in [2.24, 2.45) is 11.7 Å². The Morgan fingerprint density at radius 3 is 2.32 bits per heavy atom. The summed E-state index contributed by atoms with van der Waals surface area (Å²) in [5, 5.41) is 2.97. The van der Waals surface area contributed by atoms with Crippen molar-refractivity contribution < 1.29 is 4.79 Å². The number of halogens is 1. The van der Waals surface area contributed by atoms with E-state index in [-0.39, 0.29) is 29.6 Å². The number of hydrogen-bond donors (Lipinski definition) is 2. The maximum atomic E-state index is 11.7. The summed E-state index contributed by atoms with van der Waals surface area (Å²) < 4.78 is 0. The minimum absolute atomic E-state index is 0. The van der Waals surface area contributed by atoms with Gasteiger partial charge in [-0.25, -0.2) is 0 Å². The maximum Gasteiger partial charge on any atom is 0.224 e. The first-order valence-electron chi connectivity index (χ1n) is 6.42. The molecular formula is C15H25ClN2O. The van der Waals surface area contributed by atoms with Crippen LogP contribution in [0.5, 0.6) is 0 Å². The average Bonchev–Trinajstić information content (AvgIpc) is 2.35. The summed E-state index contributed by atoms with van der Waals surface area (Å²) in [5.41, 5.74) is 7.88. The van der Waals surface area contributed by atoms with Gasteiger partial charge in [-0.05, 0) is 12.5 Å². The molecule has 19 heavy (non-hydrogen) atoms. The summed E-state index contributed by atoms with van der Waals surface area (Å²) in [6.45, 7) is 9.18. The maximum absolute atomic E-state index is 11.7. The third-order valence-corrected chi connectivity index (χ3v) is 3.34. The van der Waals surface area contributed by atoms with Crippen molar-refractivity contribution in [2.45, 2.75) is 33.1 Å². The molecule has 0 radical (unpaired) electrons. The highest BCUT2D eigenvalue weighted by Gasteiger charge is 2.22. The minimum atomic E-state index is -0.126. The Kier molecular flexibility index (Phi) is 7.09. The summed E-state index contributed by atoms with van der Waals surface area (Å²) in [4.78, 5) is 11.7. The number of aryl methyl sites for hydroxylation is 1. The number of carbonyl (C=O) groups excluding carboxylic acids is 1. The van der Waals surface area contributed by atoms with Gasteiger partial charge in [0.15, 0.2) is 0 Å². The summed E-state index contributed by atoms with van der Waals surface area (Å²) in [6.07, 6.45) is 0. The lowest BCUT2D eigenvalue weighted by molar-refractivity contribution is -0.124. The van der Waals surface area contributed by atoms with Crippen molar-refractivity contribution in [3.05, 3.63) is 35.4 Å². The van der Waals surface area contributed by atoms with Gasteiger partial charge in [-0.15, -0.1) is 12.4 Å². The zero-order valence-electron chi connectivity index (χ0n) is 12.2. The molecule has 1 rings (SSSR count). The van der Waals surface area contributed by atoms with Gasteiger partial charge in [0.1, 0.15) is 0 Å². The van der Waals surface area contributed by atoms with Crippen LogP contribution < -0.4 is 11.1 Å². The lowest BCUT2D eigenvalue weighted by atomic mass is 9.84. The second kappa shape index (κ2) is 7.51. The Morgan fingerprint density at radius 1 is 1.32 bits per heavy atom. The zero-order valence-corrected chi connectivity index (χ0v) is 13.0. The molecule has 0 aliphatic carbocycles. The van der Waals surface area contributed by atoms with E-state index in [4.69, 9.17) is 5.73 Å². The summed E-state index contributed by atoms with van der Waals surface area (Å²) >= 11 is 0. The van der Waals surface area contributed by atoms with E-state index in [1.165, 1.54) is 11.1 Å². The van der Waals surface area contributed by atoms with Crippen molar-refractivity contribution >= 4 is 18.3 Å². The fraction of sp³-hybridized carbons (Fsp3) is 0.533. The normalized spacial score (nSPS) is 12.5. The first-order chi connectivity index (χ1) is 8.36. The van der Waals surface area contributed by atoms with Crippen LogP contribution in [-0.2, 0) is 10.2 Å². The molecule has 0 spiro atoms. The van der Waals surface area contributed by atoms with Crippen LogP contribution in [0.1, 0.15) is 31.9 Å². The zero-order chi connectivity index (χ0) is 13.8. The van der Waals surface area contributed by atoms with Crippen molar-refractivity contribution in [3.8, 4) is 0 Å². The smallest absolute Gasteiger partial charge is 0.224 e. The highest BCUT2D eigenvalue weighted by atomic mass is 35.5. The van der Waals surface area contributed by atoms with Crippen LogP contribution in [0.3, 0.4) is 0 Å². The van der Waals surface area contributed by atoms with Crippen LogP contribution in [0.4, 0.5) is 0 Å². The summed E-state index contributed by atoms with van der Waals surface area (Å²) in [7, 11) is 0. The molecule has 0 bridgehead atoms. The van der Waals surface area contributed by atoms with Gasteiger partial charge in [0, 0.05) is 24.4 Å². The molecule has 1 unspecified atom stereocenters. The monoisotopic (exact) mass is 284 g/mol. The van der Waals surface area contributed by atoms with Gasteiger partial charge in [-0.3, -0.25) is 4.79 Å². The predicted molar refractivity (Wildman–Crippen MR) is 82.7 cm³/mol. The molecule has 1 aromatic rings. The van der Waals surface area contributed by atoms with E-state index >= 15 is 0 Å². The first-order valence-corrected chi connectivity index (χ1v) is 6.42. The van der Waals surface area contributed by atoms with Crippen molar-refractivity contribution in [1.82, 2.24) is 5.32 Å². The quantitative estimate of drug-likeness (QED) is 0.872. The Bertz CT molecular complexity index is 401. The van der Waals surface area contributed by atoms with Crippen molar-refractivity contribution in [3.63, 3.8) is 0 Å². The number of nitrogens with one attached hydrogen (secondary N) is 1. The number of hydrogen-bond acceptors (Lipinski definition) is 2. The lowest BCUT2D eigenvalue weighted by Gasteiger charge is -2.26. The number of rotatable bonds is 5. The minimum Gasteiger partial charge on any atom is -0.355 e. The van der Waals surface area contributed by atoms with Crippen molar-refractivity contribution in [2.75, 3.05) is 13.1 Å². The van der Waals surface area contributed by atoms with Gasteiger partial charge >= 0.3 is 0 Å². The molecule has 0 saturated heterocycles. The van der Waals surface area contributed by atoms with E-state index in [1.54, 1.807) is 0 Å². The molecule has 4 heteroatoms. The standard InChI is InChI=1S/C15H24N2O.ClH/c1-11-5-7-13(8-6-11)15(3,4)10-17-14(18)12(2)9-16;/h5-8,12H,9-10,16H2,1-4H3,(H,17,18);1H. The average molecular weight is 285 g/mol. The third kappa shape index (κ3) is 5.21. The van der Waals surface area contributed by atoms with Gasteiger partial charge in [0.25, 0.3) is 0 Å². The van der Waals surface area contributed by atoms with Crippen LogP contribution in [0.15, 0.2) is 24.3 Å². The summed E-state index contributed by atoms with van der Waals surface area (Å²) in [5.74, 6) is -0.100. The van der Waals surface area contributed by atoms with Gasteiger partial charge in [-0.1, -0.05) is 50.6 Å². The Hall–Kier alpha value is -1.06. The van der Waals surface area contributed by atoms with Crippen LogP contribution in [0, 0.1) is 12.8 Å². The Morgan fingerprint density at radius 2 is 1.84 bits per heavy atom. The fourth-order valence-electron chi connectivity index (χ4n) is 1.70. The topological polar surface area (TPSA) is 55.1 Å². The van der Waals surface area contributed by atoms with Gasteiger partial charge in [0.2, 0.25) is 5.91 Å². The molecule has 1 amide bonds. The third-order valence-electron chi connectivity index (χ3n) is 3.34. The van der Waals surface area contributed by atoms with E-state index in [0.29, 0.717) is 13.1 Å². The number of benzene rings is 1. The van der Waals surface area contributed by atoms with Gasteiger partial charge in [0.05, 0.1) is 0 Å². The Labute approximate surface area is 122 Å². The van der Waals surface area contributed by atoms with Crippen LogP contribution in [-0.4, -0.2) is 19.0 Å². The molecule has 0 fully saturated rings. The van der Waals surface area contributed by atoms with E-state index in [1.807, 2.05) is 6.92 Å². The molecule has 1 atom stereocenters. The molecule has 1 aromatic carbocycles. The van der Waals surface area contributed by atoms with Gasteiger partial charge in [-0.2, -0.15) is 0 Å². The largest absolute Gasteiger partial charge is 0.355 e. The number of carbonyl (C=O) groups is 1. The van der Waals surface area contributed by atoms with Crippen LogP contribution >= 0.6 is 12.4 Å². The van der Waals surface area contributed by atoms with E-state index < -0.39 is 0 Å². The van der Waals surface area contributed by atoms with Gasteiger partial charge < -0.3 is 11.1 Å². The predicted octanol–water partition coefficient (Wildman–Crippen LogP) is 2.41. The lowest BCUT2D eigenvalue weighted by Crippen LogP contribution is -2.40. The summed E-state index contributed by atoms with van der Waals surface area (Å²) in [6, 6.07) is 8.44. The SMILES string of the molecule is Cc1ccc(C(C)(C)CNC(=O)C(C)CN)cc1.Cl. The Balaban J connectivity index is 0.00000324. The van der Waals surface area contributed by atoms with Crippen LogP contribution in [0.25, 0.3) is 0 Å². The molecule has 0 aliphatic rings. The molecule has 3 N–H and O–H groups in total. The molecule has 108 valence electrons. The second-order valence-corrected chi connectivity index (χ2v) is 5.60. The molecule has 3 nitrogen and oxygen atoms in total. The molecule has 0 saturated carbocycles. The first kappa shape index (κ1) is 17.9. The molecular weight excluding hydrogens is 260 g/mol. The highest BCUT2D eigenvalue weighted by Crippen LogP contribution is 2.22. The molecule has 0 aliphatic heterocycles. The highest BCUT2D eigenvalue weighted by molar-refractivity contribution is 5.85. The van der Waals surface area contributed by atoms with E-state index in [9.17, 15) is 4.79 Å². The molecule has 0 aromatic heterocycles. The van der Waals surface area contributed by atoms with Crippen LogP contribution in [0.2, 0.25) is 0 Å². The van der Waals surface area contributed by atoms with Crippen molar-refractivity contribution in [1.29, 1.82) is 0 Å².